The fourth-order valence-corrected chi connectivity index (χ4v) is 2.79. The van der Waals surface area contributed by atoms with Crippen molar-refractivity contribution in [3.8, 4) is 0 Å². The molecule has 1 aromatic rings. The van der Waals surface area contributed by atoms with Crippen LogP contribution in [0.3, 0.4) is 0 Å². The molecule has 7 heteroatoms. The number of nitrogens with two attached hydrogens (primary N) is 1. The first-order valence-corrected chi connectivity index (χ1v) is 7.29. The molecule has 0 spiro atoms. The van der Waals surface area contributed by atoms with Gasteiger partial charge in [-0.25, -0.2) is 10.8 Å². The molecule has 4 N–H and O–H groups in total. The van der Waals surface area contributed by atoms with E-state index in [-0.39, 0.29) is 0 Å². The highest BCUT2D eigenvalue weighted by molar-refractivity contribution is 5.44. The Morgan fingerprint density at radius 3 is 2.75 bits per heavy atom. The average Bonchev–Trinajstić information content (AvgIpc) is 3.02. The van der Waals surface area contributed by atoms with Crippen LogP contribution in [0.5, 0.6) is 0 Å². The zero-order chi connectivity index (χ0) is 13.9. The van der Waals surface area contributed by atoms with Crippen molar-refractivity contribution in [2.75, 3.05) is 50.1 Å². The number of hydrogen-bond acceptors (Lipinski definition) is 7. The van der Waals surface area contributed by atoms with Crippen LogP contribution >= 0.6 is 0 Å². The summed E-state index contributed by atoms with van der Waals surface area (Å²) < 4.78 is 0. The van der Waals surface area contributed by atoms with Gasteiger partial charge in [0.15, 0.2) is 0 Å². The molecule has 0 aromatic carbocycles. The highest BCUT2D eigenvalue weighted by Crippen LogP contribution is 2.25. The zero-order valence-corrected chi connectivity index (χ0v) is 12.0. The third-order valence-corrected chi connectivity index (χ3v) is 4.09. The van der Waals surface area contributed by atoms with Gasteiger partial charge in [0.1, 0.15) is 5.82 Å². The van der Waals surface area contributed by atoms with E-state index in [1.54, 1.807) is 0 Å². The molecule has 0 amide bonds. The van der Waals surface area contributed by atoms with Crippen molar-refractivity contribution in [3.05, 3.63) is 11.8 Å². The lowest BCUT2D eigenvalue weighted by molar-refractivity contribution is 0.311. The standard InChI is InChI=1S/C13H23N7/c1-19-5-7-20(8-6-19)13-16-11(9-12(17-13)18-14)10-3-2-4-15-10/h9-10,15H,2-8,14H2,1H3,(H,16,17,18). The first-order valence-electron chi connectivity index (χ1n) is 7.29. The van der Waals surface area contributed by atoms with Crippen molar-refractivity contribution >= 4 is 11.8 Å². The summed E-state index contributed by atoms with van der Waals surface area (Å²) in [6.07, 6.45) is 2.33. The van der Waals surface area contributed by atoms with Gasteiger partial charge >= 0.3 is 0 Å². The molecule has 110 valence electrons. The van der Waals surface area contributed by atoms with Gasteiger partial charge in [-0.15, -0.1) is 0 Å². The number of piperazine rings is 1. The number of hydrogen-bond donors (Lipinski definition) is 3. The predicted octanol–water partition coefficient (Wildman–Crippen LogP) is -0.0615. The molecule has 3 heterocycles. The molecular weight excluding hydrogens is 254 g/mol. The summed E-state index contributed by atoms with van der Waals surface area (Å²) in [5.41, 5.74) is 3.70. The summed E-state index contributed by atoms with van der Waals surface area (Å²) in [6.45, 7) is 5.06. The minimum absolute atomic E-state index is 0.330. The Morgan fingerprint density at radius 2 is 2.10 bits per heavy atom. The van der Waals surface area contributed by atoms with E-state index in [0.717, 1.165) is 50.8 Å². The molecule has 2 aliphatic rings. The second-order valence-electron chi connectivity index (χ2n) is 5.56. The largest absolute Gasteiger partial charge is 0.338 e. The van der Waals surface area contributed by atoms with Crippen LogP contribution in [0, 0.1) is 0 Å². The number of anilines is 2. The Morgan fingerprint density at radius 1 is 1.30 bits per heavy atom. The van der Waals surface area contributed by atoms with Gasteiger partial charge in [0.2, 0.25) is 5.95 Å². The maximum Gasteiger partial charge on any atom is 0.227 e. The number of nitrogens with zero attached hydrogens (tertiary/aromatic N) is 4. The summed E-state index contributed by atoms with van der Waals surface area (Å²) in [4.78, 5) is 13.8. The van der Waals surface area contributed by atoms with Gasteiger partial charge in [0.05, 0.1) is 5.69 Å². The molecule has 1 unspecified atom stereocenters. The number of rotatable bonds is 3. The minimum atomic E-state index is 0.330. The van der Waals surface area contributed by atoms with Crippen LogP contribution < -0.4 is 21.5 Å². The number of nitrogens with one attached hydrogen (secondary N) is 2. The summed E-state index contributed by atoms with van der Waals surface area (Å²) >= 11 is 0. The second-order valence-corrected chi connectivity index (χ2v) is 5.56. The predicted molar refractivity (Wildman–Crippen MR) is 79.5 cm³/mol. The van der Waals surface area contributed by atoms with Crippen LogP contribution in [0.1, 0.15) is 24.6 Å². The number of nitrogen functional groups attached to an aromatic ring is 1. The SMILES string of the molecule is CN1CCN(c2nc(NN)cc(C3CCCN3)n2)CC1. The molecule has 20 heavy (non-hydrogen) atoms. The molecule has 1 aromatic heterocycles. The zero-order valence-electron chi connectivity index (χ0n) is 12.0. The Balaban J connectivity index is 1.83. The van der Waals surface area contributed by atoms with E-state index in [2.05, 4.69) is 32.6 Å². The molecule has 1 atom stereocenters. The molecule has 0 radical (unpaired) electrons. The van der Waals surface area contributed by atoms with Gasteiger partial charge in [-0.1, -0.05) is 0 Å². The first kappa shape index (κ1) is 13.5. The molecule has 2 saturated heterocycles. The quantitative estimate of drug-likeness (QED) is 0.527. The van der Waals surface area contributed by atoms with Crippen molar-refractivity contribution in [1.82, 2.24) is 20.2 Å². The van der Waals surface area contributed by atoms with E-state index in [0.29, 0.717) is 11.9 Å². The molecule has 7 nitrogen and oxygen atoms in total. The Bertz CT molecular complexity index is 450. The fraction of sp³-hybridized carbons (Fsp3) is 0.692. The van der Waals surface area contributed by atoms with Crippen LogP contribution in [-0.4, -0.2) is 54.6 Å². The molecule has 2 aliphatic heterocycles. The van der Waals surface area contributed by atoms with Crippen LogP contribution in [0.2, 0.25) is 0 Å². The average molecular weight is 277 g/mol. The third-order valence-electron chi connectivity index (χ3n) is 4.09. The van der Waals surface area contributed by atoms with E-state index in [4.69, 9.17) is 10.8 Å². The van der Waals surface area contributed by atoms with Gasteiger partial charge in [-0.2, -0.15) is 4.98 Å². The maximum absolute atomic E-state index is 5.55. The van der Waals surface area contributed by atoms with Crippen molar-refractivity contribution in [1.29, 1.82) is 0 Å². The summed E-state index contributed by atoms with van der Waals surface area (Å²) in [5.74, 6) is 7.03. The number of likely N-dealkylation sites (N-methyl/N-ethyl adjacent to an activating group) is 1. The Kier molecular flexibility index (Phi) is 4.00. The summed E-state index contributed by atoms with van der Waals surface area (Å²) in [6, 6.07) is 2.28. The topological polar surface area (TPSA) is 82.3 Å². The molecule has 0 bridgehead atoms. The first-order chi connectivity index (χ1) is 9.76. The van der Waals surface area contributed by atoms with Crippen molar-refractivity contribution < 1.29 is 0 Å². The van der Waals surface area contributed by atoms with E-state index in [9.17, 15) is 0 Å². The van der Waals surface area contributed by atoms with Crippen LogP contribution in [0.4, 0.5) is 11.8 Å². The maximum atomic E-state index is 5.55. The summed E-state index contributed by atoms with van der Waals surface area (Å²) in [7, 11) is 2.14. The van der Waals surface area contributed by atoms with E-state index >= 15 is 0 Å². The third kappa shape index (κ3) is 2.84. The Hall–Kier alpha value is -1.44. The molecule has 2 fully saturated rings. The highest BCUT2D eigenvalue weighted by atomic mass is 15.3. The smallest absolute Gasteiger partial charge is 0.227 e. The highest BCUT2D eigenvalue weighted by Gasteiger charge is 2.22. The van der Waals surface area contributed by atoms with Crippen molar-refractivity contribution in [3.63, 3.8) is 0 Å². The van der Waals surface area contributed by atoms with E-state index in [1.807, 2.05) is 6.07 Å². The monoisotopic (exact) mass is 277 g/mol. The van der Waals surface area contributed by atoms with Crippen molar-refractivity contribution in [2.24, 2.45) is 5.84 Å². The molecule has 0 aliphatic carbocycles. The Labute approximate surface area is 119 Å². The van der Waals surface area contributed by atoms with Crippen LogP contribution in [0.15, 0.2) is 6.07 Å². The fourth-order valence-electron chi connectivity index (χ4n) is 2.79. The lowest BCUT2D eigenvalue weighted by atomic mass is 10.1. The van der Waals surface area contributed by atoms with Crippen molar-refractivity contribution in [2.45, 2.75) is 18.9 Å². The van der Waals surface area contributed by atoms with Gasteiger partial charge in [0, 0.05) is 38.3 Å². The lowest BCUT2D eigenvalue weighted by Crippen LogP contribution is -2.45. The normalized spacial score (nSPS) is 24.1. The second kappa shape index (κ2) is 5.90. The van der Waals surface area contributed by atoms with E-state index in [1.165, 1.54) is 6.42 Å². The minimum Gasteiger partial charge on any atom is -0.338 e. The molecular formula is C13H23N7. The van der Waals surface area contributed by atoms with Gasteiger partial charge in [-0.05, 0) is 26.4 Å². The van der Waals surface area contributed by atoms with Crippen LogP contribution in [-0.2, 0) is 0 Å². The number of aromatic nitrogens is 2. The van der Waals surface area contributed by atoms with E-state index < -0.39 is 0 Å². The molecule has 0 saturated carbocycles. The summed E-state index contributed by atoms with van der Waals surface area (Å²) in [5, 5.41) is 3.48. The van der Waals surface area contributed by atoms with Gasteiger partial charge < -0.3 is 20.5 Å². The number of hydrazine groups is 1. The van der Waals surface area contributed by atoms with Crippen LogP contribution in [0.25, 0.3) is 0 Å². The molecule has 3 rings (SSSR count). The van der Waals surface area contributed by atoms with Gasteiger partial charge in [-0.3, -0.25) is 0 Å². The van der Waals surface area contributed by atoms with Gasteiger partial charge in [0.25, 0.3) is 0 Å². The lowest BCUT2D eigenvalue weighted by Gasteiger charge is -2.32.